The molecule has 0 aliphatic heterocycles. The Labute approximate surface area is 137 Å². The zero-order valence-electron chi connectivity index (χ0n) is 13.1. The Hall–Kier alpha value is -3.22. The zero-order valence-corrected chi connectivity index (χ0v) is 13.1. The fourth-order valence-corrected chi connectivity index (χ4v) is 2.48. The molecule has 7 heteroatoms. The maximum Gasteiger partial charge on any atom is 0.255 e. The van der Waals surface area contributed by atoms with Crippen LogP contribution in [-0.4, -0.2) is 41.2 Å². The Balaban J connectivity index is 2.19. The third-order valence-corrected chi connectivity index (χ3v) is 3.79. The SMILES string of the molecule is CN(C)C(=O)c1cc(-c2cnc3[nH]cc(C=O)c3c2)cc(F)c1N. The standard InChI is InChI=1S/C17H15FN4O2/c1-22(2)17(24)13-3-9(5-14(18)15(13)19)10-4-12-11(8-23)7-21-16(12)20-6-10/h3-8H,19H2,1-2H3,(H,20,21). The topological polar surface area (TPSA) is 92.1 Å². The van der Waals surface area contributed by atoms with Crippen LogP contribution < -0.4 is 5.73 Å². The number of nitrogen functional groups attached to an aromatic ring is 1. The van der Waals surface area contributed by atoms with E-state index in [1.165, 1.54) is 17.0 Å². The van der Waals surface area contributed by atoms with Gasteiger partial charge in [-0.15, -0.1) is 0 Å². The van der Waals surface area contributed by atoms with Crippen LogP contribution in [0.3, 0.4) is 0 Å². The Kier molecular flexibility index (Phi) is 3.76. The smallest absolute Gasteiger partial charge is 0.255 e. The second-order valence-electron chi connectivity index (χ2n) is 5.60. The first-order valence-corrected chi connectivity index (χ1v) is 7.15. The van der Waals surface area contributed by atoms with E-state index >= 15 is 0 Å². The van der Waals surface area contributed by atoms with E-state index in [4.69, 9.17) is 5.73 Å². The molecule has 6 nitrogen and oxygen atoms in total. The fraction of sp³-hybridized carbons (Fsp3) is 0.118. The molecule has 122 valence electrons. The molecule has 0 bridgehead atoms. The number of halogens is 1. The van der Waals surface area contributed by atoms with Crippen LogP contribution in [0.5, 0.6) is 0 Å². The summed E-state index contributed by atoms with van der Waals surface area (Å²) in [6, 6.07) is 4.49. The van der Waals surface area contributed by atoms with Crippen molar-refractivity contribution in [2.45, 2.75) is 0 Å². The van der Waals surface area contributed by atoms with Crippen molar-refractivity contribution in [3.63, 3.8) is 0 Å². The van der Waals surface area contributed by atoms with Gasteiger partial charge in [-0.2, -0.15) is 0 Å². The number of nitrogens with one attached hydrogen (secondary N) is 1. The molecule has 24 heavy (non-hydrogen) atoms. The van der Waals surface area contributed by atoms with Gasteiger partial charge < -0.3 is 15.6 Å². The van der Waals surface area contributed by atoms with Gasteiger partial charge in [-0.1, -0.05) is 0 Å². The van der Waals surface area contributed by atoms with E-state index in [2.05, 4.69) is 9.97 Å². The Morgan fingerprint density at radius 2 is 2.04 bits per heavy atom. The molecule has 0 unspecified atom stereocenters. The van der Waals surface area contributed by atoms with Crippen molar-refractivity contribution in [3.05, 3.63) is 47.5 Å². The lowest BCUT2D eigenvalue weighted by Gasteiger charge is -2.14. The van der Waals surface area contributed by atoms with Crippen LogP contribution in [0.1, 0.15) is 20.7 Å². The summed E-state index contributed by atoms with van der Waals surface area (Å²) in [4.78, 5) is 31.7. The van der Waals surface area contributed by atoms with Gasteiger partial charge >= 0.3 is 0 Å². The Morgan fingerprint density at radius 1 is 1.29 bits per heavy atom. The molecule has 0 radical (unpaired) electrons. The van der Waals surface area contributed by atoms with Gasteiger partial charge in [0.05, 0.1) is 11.3 Å². The first-order chi connectivity index (χ1) is 11.4. The molecule has 1 amide bonds. The number of carbonyl (C=O) groups excluding carboxylic acids is 2. The van der Waals surface area contributed by atoms with Crippen molar-refractivity contribution >= 4 is 28.9 Å². The summed E-state index contributed by atoms with van der Waals surface area (Å²) in [5.41, 5.74) is 7.64. The maximum atomic E-state index is 14.2. The predicted molar refractivity (Wildman–Crippen MR) is 89.3 cm³/mol. The highest BCUT2D eigenvalue weighted by Gasteiger charge is 2.17. The van der Waals surface area contributed by atoms with E-state index in [0.717, 1.165) is 6.29 Å². The van der Waals surface area contributed by atoms with Gasteiger partial charge in [0.1, 0.15) is 11.5 Å². The average molecular weight is 326 g/mol. The van der Waals surface area contributed by atoms with E-state index in [1.807, 2.05) is 0 Å². The highest BCUT2D eigenvalue weighted by molar-refractivity contribution is 6.01. The number of hydrogen-bond donors (Lipinski definition) is 2. The van der Waals surface area contributed by atoms with Gasteiger partial charge in [0.15, 0.2) is 6.29 Å². The number of carbonyl (C=O) groups is 2. The number of rotatable bonds is 3. The lowest BCUT2D eigenvalue weighted by Crippen LogP contribution is -2.23. The number of hydrogen-bond acceptors (Lipinski definition) is 4. The largest absolute Gasteiger partial charge is 0.396 e. The van der Waals surface area contributed by atoms with Crippen LogP contribution in [0.15, 0.2) is 30.6 Å². The van der Waals surface area contributed by atoms with Crippen LogP contribution in [0.4, 0.5) is 10.1 Å². The van der Waals surface area contributed by atoms with Crippen molar-refractivity contribution in [1.82, 2.24) is 14.9 Å². The van der Waals surface area contributed by atoms with Crippen LogP contribution in [0.25, 0.3) is 22.2 Å². The molecule has 2 heterocycles. The number of fused-ring (bicyclic) bond motifs is 1. The molecule has 0 aliphatic carbocycles. The summed E-state index contributed by atoms with van der Waals surface area (Å²) in [7, 11) is 3.13. The second-order valence-corrected chi connectivity index (χ2v) is 5.60. The van der Waals surface area contributed by atoms with Crippen molar-refractivity contribution in [2.75, 3.05) is 19.8 Å². The third kappa shape index (κ3) is 2.50. The molecule has 0 saturated heterocycles. The molecule has 0 atom stereocenters. The molecule has 3 aromatic rings. The van der Waals surface area contributed by atoms with Crippen LogP contribution >= 0.6 is 0 Å². The van der Waals surface area contributed by atoms with E-state index in [1.54, 1.807) is 32.6 Å². The molecule has 1 aromatic carbocycles. The van der Waals surface area contributed by atoms with Gasteiger partial charge in [0, 0.05) is 43.0 Å². The van der Waals surface area contributed by atoms with Gasteiger partial charge in [-0.3, -0.25) is 9.59 Å². The number of amides is 1. The van der Waals surface area contributed by atoms with Crippen LogP contribution in [0.2, 0.25) is 0 Å². The number of anilines is 1. The van der Waals surface area contributed by atoms with Crippen molar-refractivity contribution in [1.29, 1.82) is 0 Å². The number of nitrogens with zero attached hydrogens (tertiary/aromatic N) is 2. The predicted octanol–water partition coefficient (Wildman–Crippen LogP) is 2.47. The minimum absolute atomic E-state index is 0.0831. The van der Waals surface area contributed by atoms with E-state index in [9.17, 15) is 14.0 Å². The number of H-pyrrole nitrogens is 1. The molecule has 0 aliphatic rings. The number of aromatic amines is 1. The quantitative estimate of drug-likeness (QED) is 0.571. The minimum atomic E-state index is -0.678. The summed E-state index contributed by atoms with van der Waals surface area (Å²) < 4.78 is 14.2. The molecular weight excluding hydrogens is 311 g/mol. The number of nitrogens with two attached hydrogens (primary N) is 1. The average Bonchev–Trinajstić information content (AvgIpc) is 2.98. The molecule has 0 fully saturated rings. The molecule has 3 N–H and O–H groups in total. The molecule has 2 aromatic heterocycles. The zero-order chi connectivity index (χ0) is 17.4. The monoisotopic (exact) mass is 326 g/mol. The minimum Gasteiger partial charge on any atom is -0.396 e. The van der Waals surface area contributed by atoms with Crippen LogP contribution in [0, 0.1) is 5.82 Å². The number of pyridine rings is 1. The van der Waals surface area contributed by atoms with Gasteiger partial charge in [0.25, 0.3) is 5.91 Å². The first kappa shape index (κ1) is 15.7. The summed E-state index contributed by atoms with van der Waals surface area (Å²) in [5.74, 6) is -1.07. The van der Waals surface area contributed by atoms with E-state index in [-0.39, 0.29) is 11.3 Å². The molecule has 0 spiro atoms. The summed E-state index contributed by atoms with van der Waals surface area (Å²) in [6.07, 6.45) is 3.82. The van der Waals surface area contributed by atoms with Crippen molar-refractivity contribution in [3.8, 4) is 11.1 Å². The maximum absolute atomic E-state index is 14.2. The Bertz CT molecular complexity index is 963. The number of aldehydes is 1. The molecule has 3 rings (SSSR count). The summed E-state index contributed by atoms with van der Waals surface area (Å²) >= 11 is 0. The summed E-state index contributed by atoms with van der Waals surface area (Å²) in [6.45, 7) is 0. The first-order valence-electron chi connectivity index (χ1n) is 7.15. The van der Waals surface area contributed by atoms with Crippen molar-refractivity contribution < 1.29 is 14.0 Å². The van der Waals surface area contributed by atoms with Gasteiger partial charge in [-0.25, -0.2) is 9.37 Å². The second kappa shape index (κ2) is 5.77. The fourth-order valence-electron chi connectivity index (χ4n) is 2.48. The number of aromatic nitrogens is 2. The molecular formula is C17H15FN4O2. The van der Waals surface area contributed by atoms with E-state index in [0.29, 0.717) is 27.7 Å². The highest BCUT2D eigenvalue weighted by Crippen LogP contribution is 2.29. The highest BCUT2D eigenvalue weighted by atomic mass is 19.1. The third-order valence-electron chi connectivity index (χ3n) is 3.79. The normalized spacial score (nSPS) is 10.8. The number of benzene rings is 1. The van der Waals surface area contributed by atoms with Gasteiger partial charge in [0.2, 0.25) is 0 Å². The van der Waals surface area contributed by atoms with E-state index < -0.39 is 11.7 Å². The lowest BCUT2D eigenvalue weighted by atomic mass is 10.0. The lowest BCUT2D eigenvalue weighted by molar-refractivity contribution is 0.0828. The van der Waals surface area contributed by atoms with Crippen molar-refractivity contribution in [2.24, 2.45) is 0 Å². The Morgan fingerprint density at radius 3 is 2.71 bits per heavy atom. The summed E-state index contributed by atoms with van der Waals surface area (Å²) in [5, 5.41) is 0.625. The van der Waals surface area contributed by atoms with Gasteiger partial charge in [-0.05, 0) is 23.8 Å². The molecule has 0 saturated carbocycles. The van der Waals surface area contributed by atoms with Crippen LogP contribution in [-0.2, 0) is 0 Å².